The predicted octanol–water partition coefficient (Wildman–Crippen LogP) is 4.10. The average Bonchev–Trinajstić information content (AvgIpc) is 2.40. The summed E-state index contributed by atoms with van der Waals surface area (Å²) in [5.74, 6) is -1.01. The number of anilines is 1. The van der Waals surface area contributed by atoms with Gasteiger partial charge in [0, 0.05) is 6.54 Å². The summed E-state index contributed by atoms with van der Waals surface area (Å²) in [4.78, 5) is 0. The lowest BCUT2D eigenvalue weighted by molar-refractivity contribution is 0.624. The summed E-state index contributed by atoms with van der Waals surface area (Å²) in [5.41, 5.74) is 1.01. The van der Waals surface area contributed by atoms with Crippen LogP contribution in [0.2, 0.25) is 5.02 Å². The number of rotatable bonds is 3. The van der Waals surface area contributed by atoms with Crippen molar-refractivity contribution in [1.29, 1.82) is 5.26 Å². The van der Waals surface area contributed by atoms with Gasteiger partial charge in [-0.1, -0.05) is 17.7 Å². The first-order valence-electron chi connectivity index (χ1n) is 5.48. The molecule has 0 aliphatic rings. The maximum absolute atomic E-state index is 13.6. The van der Waals surface area contributed by atoms with Crippen LogP contribution in [0.3, 0.4) is 0 Å². The third-order valence-electron chi connectivity index (χ3n) is 2.61. The van der Waals surface area contributed by atoms with Gasteiger partial charge in [-0.3, -0.25) is 0 Å². The van der Waals surface area contributed by atoms with Crippen LogP contribution in [-0.2, 0) is 6.54 Å². The van der Waals surface area contributed by atoms with Crippen LogP contribution in [0.5, 0.6) is 0 Å². The van der Waals surface area contributed by atoms with Gasteiger partial charge in [-0.15, -0.1) is 0 Å². The largest absolute Gasteiger partial charge is 0.379 e. The maximum atomic E-state index is 13.6. The maximum Gasteiger partial charge on any atom is 0.164 e. The fraction of sp³-hybridized carbons (Fsp3) is 0.0714. The van der Waals surface area contributed by atoms with E-state index in [0.717, 1.165) is 0 Å². The Balaban J connectivity index is 2.21. The first kappa shape index (κ1) is 13.3. The normalized spacial score (nSPS) is 10.0. The van der Waals surface area contributed by atoms with Gasteiger partial charge in [-0.2, -0.15) is 5.26 Å². The van der Waals surface area contributed by atoms with E-state index in [4.69, 9.17) is 16.9 Å². The number of nitriles is 1. The lowest BCUT2D eigenvalue weighted by atomic mass is 10.1. The molecule has 1 N–H and O–H groups in total. The molecule has 0 radical (unpaired) electrons. The summed E-state index contributed by atoms with van der Waals surface area (Å²) in [5, 5.41) is 11.7. The molecule has 0 spiro atoms. The predicted molar refractivity (Wildman–Crippen MR) is 69.9 cm³/mol. The van der Waals surface area contributed by atoms with Crippen LogP contribution in [-0.4, -0.2) is 0 Å². The van der Waals surface area contributed by atoms with E-state index in [9.17, 15) is 8.78 Å². The molecule has 0 amide bonds. The van der Waals surface area contributed by atoms with Crippen molar-refractivity contribution in [3.8, 4) is 6.07 Å². The number of benzene rings is 2. The van der Waals surface area contributed by atoms with Crippen molar-refractivity contribution in [1.82, 2.24) is 0 Å². The third-order valence-corrected chi connectivity index (χ3v) is 2.90. The molecule has 19 heavy (non-hydrogen) atoms. The summed E-state index contributed by atoms with van der Waals surface area (Å²) in [6, 6.07) is 10.4. The third kappa shape index (κ3) is 3.01. The number of hydrogen-bond donors (Lipinski definition) is 1. The lowest BCUT2D eigenvalue weighted by Gasteiger charge is -2.09. The quantitative estimate of drug-likeness (QED) is 0.917. The van der Waals surface area contributed by atoms with Gasteiger partial charge in [0.05, 0.1) is 22.3 Å². The summed E-state index contributed by atoms with van der Waals surface area (Å²) < 4.78 is 26.8. The smallest absolute Gasteiger partial charge is 0.164 e. The van der Waals surface area contributed by atoms with E-state index in [1.165, 1.54) is 30.3 Å². The lowest BCUT2D eigenvalue weighted by Crippen LogP contribution is -2.04. The van der Waals surface area contributed by atoms with Gasteiger partial charge in [-0.25, -0.2) is 8.78 Å². The molecule has 0 saturated heterocycles. The molecule has 2 rings (SSSR count). The Bertz CT molecular complexity index is 650. The zero-order valence-electron chi connectivity index (χ0n) is 9.75. The van der Waals surface area contributed by atoms with Crippen LogP contribution < -0.4 is 5.32 Å². The molecule has 0 aromatic heterocycles. The highest BCUT2D eigenvalue weighted by Crippen LogP contribution is 2.23. The minimum atomic E-state index is -0.570. The molecule has 0 unspecified atom stereocenters. The summed E-state index contributed by atoms with van der Waals surface area (Å²) in [7, 11) is 0. The standard InChI is InChI=1S/C14H9ClF2N2/c15-12-2-1-3-13(14(12)17)19-8-10-6-11(16)5-4-9(10)7-18/h1-6,19H,8H2. The van der Waals surface area contributed by atoms with E-state index in [2.05, 4.69) is 5.32 Å². The molecular formula is C14H9ClF2N2. The second-order valence-electron chi connectivity index (χ2n) is 3.87. The van der Waals surface area contributed by atoms with Crippen LogP contribution >= 0.6 is 11.6 Å². The van der Waals surface area contributed by atoms with Crippen molar-refractivity contribution >= 4 is 17.3 Å². The van der Waals surface area contributed by atoms with E-state index in [0.29, 0.717) is 11.1 Å². The molecule has 2 aromatic rings. The van der Waals surface area contributed by atoms with Gasteiger partial charge in [0.1, 0.15) is 5.82 Å². The van der Waals surface area contributed by atoms with Crippen molar-refractivity contribution < 1.29 is 8.78 Å². The number of nitrogens with zero attached hydrogens (tertiary/aromatic N) is 1. The average molecular weight is 279 g/mol. The molecule has 0 fully saturated rings. The Labute approximate surface area is 114 Å². The van der Waals surface area contributed by atoms with Crippen molar-refractivity contribution in [3.63, 3.8) is 0 Å². The van der Waals surface area contributed by atoms with E-state index in [-0.39, 0.29) is 17.3 Å². The second kappa shape index (κ2) is 5.68. The molecule has 0 heterocycles. The van der Waals surface area contributed by atoms with Crippen molar-refractivity contribution in [2.45, 2.75) is 6.54 Å². The summed E-state index contributed by atoms with van der Waals surface area (Å²) in [6.45, 7) is 0.137. The van der Waals surface area contributed by atoms with Crippen LogP contribution in [0.25, 0.3) is 0 Å². The molecule has 2 nitrogen and oxygen atoms in total. The van der Waals surface area contributed by atoms with Gasteiger partial charge in [0.25, 0.3) is 0 Å². The molecule has 2 aromatic carbocycles. The Morgan fingerprint density at radius 2 is 2.00 bits per heavy atom. The Hall–Kier alpha value is -2.12. The molecular weight excluding hydrogens is 270 g/mol. The van der Waals surface area contributed by atoms with Crippen LogP contribution in [0.1, 0.15) is 11.1 Å². The van der Waals surface area contributed by atoms with Crippen molar-refractivity contribution in [3.05, 3.63) is 64.2 Å². The SMILES string of the molecule is N#Cc1ccc(F)cc1CNc1cccc(Cl)c1F. The van der Waals surface area contributed by atoms with E-state index >= 15 is 0 Å². The Morgan fingerprint density at radius 3 is 2.74 bits per heavy atom. The summed E-state index contributed by atoms with van der Waals surface area (Å²) >= 11 is 5.65. The van der Waals surface area contributed by atoms with E-state index in [1.807, 2.05) is 6.07 Å². The highest BCUT2D eigenvalue weighted by molar-refractivity contribution is 6.31. The van der Waals surface area contributed by atoms with Crippen LogP contribution in [0.4, 0.5) is 14.5 Å². The van der Waals surface area contributed by atoms with Gasteiger partial charge in [0.2, 0.25) is 0 Å². The van der Waals surface area contributed by atoms with Gasteiger partial charge < -0.3 is 5.32 Å². The van der Waals surface area contributed by atoms with Gasteiger partial charge >= 0.3 is 0 Å². The van der Waals surface area contributed by atoms with Gasteiger partial charge in [-0.05, 0) is 35.9 Å². The van der Waals surface area contributed by atoms with E-state index < -0.39 is 11.6 Å². The first-order valence-corrected chi connectivity index (χ1v) is 5.86. The fourth-order valence-corrected chi connectivity index (χ4v) is 1.82. The van der Waals surface area contributed by atoms with Crippen molar-refractivity contribution in [2.24, 2.45) is 0 Å². The monoisotopic (exact) mass is 278 g/mol. The Kier molecular flexibility index (Phi) is 3.98. The first-order chi connectivity index (χ1) is 9.11. The highest BCUT2D eigenvalue weighted by Gasteiger charge is 2.08. The van der Waals surface area contributed by atoms with E-state index in [1.54, 1.807) is 6.07 Å². The summed E-state index contributed by atoms with van der Waals surface area (Å²) in [6.07, 6.45) is 0. The molecule has 0 atom stereocenters. The second-order valence-corrected chi connectivity index (χ2v) is 4.28. The van der Waals surface area contributed by atoms with Gasteiger partial charge in [0.15, 0.2) is 5.82 Å². The minimum absolute atomic E-state index is 0.00440. The molecule has 96 valence electrons. The number of nitrogens with one attached hydrogen (secondary N) is 1. The van der Waals surface area contributed by atoms with Crippen molar-refractivity contribution in [2.75, 3.05) is 5.32 Å². The molecule has 0 aliphatic carbocycles. The zero-order valence-corrected chi connectivity index (χ0v) is 10.5. The number of halogens is 3. The molecule has 0 bridgehead atoms. The minimum Gasteiger partial charge on any atom is -0.379 e. The molecule has 0 aliphatic heterocycles. The topological polar surface area (TPSA) is 35.8 Å². The number of hydrogen-bond acceptors (Lipinski definition) is 2. The van der Waals surface area contributed by atoms with Crippen LogP contribution in [0.15, 0.2) is 36.4 Å². The highest BCUT2D eigenvalue weighted by atomic mass is 35.5. The Morgan fingerprint density at radius 1 is 1.21 bits per heavy atom. The zero-order chi connectivity index (χ0) is 13.8. The molecule has 5 heteroatoms. The molecule has 0 saturated carbocycles. The van der Waals surface area contributed by atoms with Crippen LogP contribution in [0, 0.1) is 23.0 Å². The fourth-order valence-electron chi connectivity index (χ4n) is 1.65.